The van der Waals surface area contributed by atoms with Crippen LogP contribution in [0.3, 0.4) is 0 Å². The molecule has 6 nitrogen and oxygen atoms in total. The van der Waals surface area contributed by atoms with Gasteiger partial charge in [-0.1, -0.05) is 18.2 Å². The number of nitrogens with zero attached hydrogens (tertiary/aromatic N) is 4. The summed E-state index contributed by atoms with van der Waals surface area (Å²) in [5.74, 6) is 5.95. The molecule has 0 fully saturated rings. The predicted octanol–water partition coefficient (Wildman–Crippen LogP) is 1.52. The minimum Gasteiger partial charge on any atom is -0.308 e. The third kappa shape index (κ3) is 1.87. The van der Waals surface area contributed by atoms with E-state index < -0.39 is 0 Å². The number of hydrogen-bond acceptors (Lipinski definition) is 5. The Hall–Kier alpha value is -2.18. The molecule has 0 aliphatic carbocycles. The lowest BCUT2D eigenvalue weighted by Crippen LogP contribution is -2.09. The minimum absolute atomic E-state index is 0. The molecule has 0 atom stereocenters. The van der Waals surface area contributed by atoms with Crippen molar-refractivity contribution in [3.63, 3.8) is 0 Å². The van der Waals surface area contributed by atoms with E-state index in [-0.39, 0.29) is 12.4 Å². The van der Waals surface area contributed by atoms with Crippen LogP contribution in [-0.2, 0) is 0 Å². The Labute approximate surface area is 109 Å². The topological polar surface area (TPSA) is 81.7 Å². The first-order valence-electron chi connectivity index (χ1n) is 5.11. The fourth-order valence-electron chi connectivity index (χ4n) is 1.72. The van der Waals surface area contributed by atoms with Gasteiger partial charge in [-0.2, -0.15) is 5.10 Å². The van der Waals surface area contributed by atoms with Crippen molar-refractivity contribution < 1.29 is 0 Å². The second-order valence-corrected chi connectivity index (χ2v) is 3.50. The number of aromatic nitrogens is 4. The summed E-state index contributed by atoms with van der Waals surface area (Å²) in [5.41, 5.74) is 4.20. The highest BCUT2D eigenvalue weighted by molar-refractivity contribution is 5.86. The van der Waals surface area contributed by atoms with Crippen LogP contribution in [0.15, 0.2) is 42.9 Å². The highest BCUT2D eigenvalue weighted by Gasteiger charge is 2.09. The number of halogens is 1. The SMILES string of the molecule is Cl.NNc1ncnc2c1cnn2-c1ccccc1. The van der Waals surface area contributed by atoms with E-state index in [1.54, 1.807) is 10.9 Å². The standard InChI is InChI=1S/C11H10N6.ClH/c12-16-10-9-6-15-17(11(9)14-7-13-10)8-4-2-1-3-5-8;/h1-7H,12H2,(H,13,14,16);1H. The first kappa shape index (κ1) is 12.3. The van der Waals surface area contributed by atoms with Crippen LogP contribution in [-0.4, -0.2) is 19.7 Å². The molecule has 0 radical (unpaired) electrons. The summed E-state index contributed by atoms with van der Waals surface area (Å²) >= 11 is 0. The van der Waals surface area contributed by atoms with Crippen LogP contribution in [0.25, 0.3) is 16.7 Å². The number of fused-ring (bicyclic) bond motifs is 1. The zero-order valence-electron chi connectivity index (χ0n) is 9.32. The fourth-order valence-corrected chi connectivity index (χ4v) is 1.72. The van der Waals surface area contributed by atoms with Crippen LogP contribution >= 0.6 is 12.4 Å². The normalized spacial score (nSPS) is 10.1. The van der Waals surface area contributed by atoms with Gasteiger partial charge in [0, 0.05) is 0 Å². The number of anilines is 1. The van der Waals surface area contributed by atoms with E-state index in [0.29, 0.717) is 5.82 Å². The third-order valence-corrected chi connectivity index (χ3v) is 2.50. The maximum Gasteiger partial charge on any atom is 0.168 e. The summed E-state index contributed by atoms with van der Waals surface area (Å²) in [6, 6.07) is 9.78. The molecule has 18 heavy (non-hydrogen) atoms. The van der Waals surface area contributed by atoms with Crippen molar-refractivity contribution in [2.75, 3.05) is 5.43 Å². The highest BCUT2D eigenvalue weighted by atomic mass is 35.5. The first-order valence-corrected chi connectivity index (χ1v) is 5.11. The van der Waals surface area contributed by atoms with Crippen LogP contribution in [0.2, 0.25) is 0 Å². The maximum absolute atomic E-state index is 5.39. The van der Waals surface area contributed by atoms with Gasteiger partial charge in [-0.25, -0.2) is 20.5 Å². The lowest BCUT2D eigenvalue weighted by Gasteiger charge is -2.03. The Morgan fingerprint density at radius 1 is 1.11 bits per heavy atom. The monoisotopic (exact) mass is 262 g/mol. The van der Waals surface area contributed by atoms with Crippen molar-refractivity contribution in [3.05, 3.63) is 42.9 Å². The molecule has 0 spiro atoms. The minimum atomic E-state index is 0. The van der Waals surface area contributed by atoms with Crippen LogP contribution in [0.1, 0.15) is 0 Å². The van der Waals surface area contributed by atoms with Crippen LogP contribution in [0, 0.1) is 0 Å². The molecule has 0 aliphatic rings. The molecule has 2 heterocycles. The van der Waals surface area contributed by atoms with Gasteiger partial charge in [-0.3, -0.25) is 0 Å². The average Bonchev–Trinajstić information content (AvgIpc) is 2.83. The zero-order chi connectivity index (χ0) is 11.7. The Morgan fingerprint density at radius 2 is 1.89 bits per heavy atom. The number of hydrogen-bond donors (Lipinski definition) is 2. The third-order valence-electron chi connectivity index (χ3n) is 2.50. The van der Waals surface area contributed by atoms with Gasteiger partial charge in [0.1, 0.15) is 6.33 Å². The molecule has 3 N–H and O–H groups in total. The summed E-state index contributed by atoms with van der Waals surface area (Å²) in [5, 5.41) is 5.08. The summed E-state index contributed by atoms with van der Waals surface area (Å²) in [6.45, 7) is 0. The number of nitrogens with two attached hydrogens (primary N) is 1. The van der Waals surface area contributed by atoms with E-state index in [9.17, 15) is 0 Å². The van der Waals surface area contributed by atoms with Crippen molar-refractivity contribution in [1.29, 1.82) is 0 Å². The van der Waals surface area contributed by atoms with E-state index in [2.05, 4.69) is 20.5 Å². The van der Waals surface area contributed by atoms with Crippen molar-refractivity contribution in [3.8, 4) is 5.69 Å². The molecule has 3 rings (SSSR count). The Kier molecular flexibility index (Phi) is 3.40. The summed E-state index contributed by atoms with van der Waals surface area (Å²) in [7, 11) is 0. The molecule has 3 aromatic rings. The van der Waals surface area contributed by atoms with Crippen LogP contribution in [0.5, 0.6) is 0 Å². The molecule has 7 heteroatoms. The molecular formula is C11H11ClN6. The van der Waals surface area contributed by atoms with Crippen molar-refractivity contribution in [1.82, 2.24) is 19.7 Å². The van der Waals surface area contributed by atoms with Gasteiger partial charge in [0.25, 0.3) is 0 Å². The smallest absolute Gasteiger partial charge is 0.168 e. The molecule has 0 bridgehead atoms. The van der Waals surface area contributed by atoms with Gasteiger partial charge in [0.2, 0.25) is 0 Å². The van der Waals surface area contributed by atoms with Gasteiger partial charge in [0.05, 0.1) is 17.3 Å². The molecule has 92 valence electrons. The van der Waals surface area contributed by atoms with Crippen molar-refractivity contribution >= 4 is 29.3 Å². The number of para-hydroxylation sites is 1. The predicted molar refractivity (Wildman–Crippen MR) is 71.7 cm³/mol. The van der Waals surface area contributed by atoms with E-state index in [0.717, 1.165) is 16.7 Å². The Morgan fingerprint density at radius 3 is 2.61 bits per heavy atom. The largest absolute Gasteiger partial charge is 0.308 e. The van der Waals surface area contributed by atoms with E-state index >= 15 is 0 Å². The molecule has 2 aromatic heterocycles. The lowest BCUT2D eigenvalue weighted by atomic mass is 10.3. The highest BCUT2D eigenvalue weighted by Crippen LogP contribution is 2.20. The fraction of sp³-hybridized carbons (Fsp3) is 0. The summed E-state index contributed by atoms with van der Waals surface area (Å²) in [4.78, 5) is 8.25. The number of rotatable bonds is 2. The van der Waals surface area contributed by atoms with E-state index in [1.807, 2.05) is 30.3 Å². The Bertz CT molecular complexity index is 651. The molecule has 0 amide bonds. The van der Waals surface area contributed by atoms with Gasteiger partial charge in [-0.15, -0.1) is 12.4 Å². The summed E-state index contributed by atoms with van der Waals surface area (Å²) in [6.07, 6.45) is 3.15. The Balaban J connectivity index is 0.00000120. The molecule has 1 aromatic carbocycles. The summed E-state index contributed by atoms with van der Waals surface area (Å²) < 4.78 is 1.75. The zero-order valence-corrected chi connectivity index (χ0v) is 10.1. The van der Waals surface area contributed by atoms with Crippen LogP contribution < -0.4 is 11.3 Å². The number of hydrazine groups is 1. The molecule has 0 aliphatic heterocycles. The molecular weight excluding hydrogens is 252 g/mol. The first-order chi connectivity index (χ1) is 8.40. The average molecular weight is 263 g/mol. The quantitative estimate of drug-likeness (QED) is 0.541. The molecule has 0 saturated heterocycles. The maximum atomic E-state index is 5.39. The second kappa shape index (κ2) is 4.99. The number of nitrogen functional groups attached to an aromatic ring is 1. The number of benzene rings is 1. The second-order valence-electron chi connectivity index (χ2n) is 3.50. The van der Waals surface area contributed by atoms with Crippen LogP contribution in [0.4, 0.5) is 5.82 Å². The van der Waals surface area contributed by atoms with Gasteiger partial charge >= 0.3 is 0 Å². The molecule has 0 unspecified atom stereocenters. The molecule has 0 saturated carbocycles. The van der Waals surface area contributed by atoms with Gasteiger partial charge in [-0.05, 0) is 12.1 Å². The van der Waals surface area contributed by atoms with Crippen molar-refractivity contribution in [2.45, 2.75) is 0 Å². The van der Waals surface area contributed by atoms with Gasteiger partial charge in [0.15, 0.2) is 11.5 Å². The van der Waals surface area contributed by atoms with E-state index in [4.69, 9.17) is 5.84 Å². The van der Waals surface area contributed by atoms with Gasteiger partial charge < -0.3 is 5.43 Å². The van der Waals surface area contributed by atoms with Crippen molar-refractivity contribution in [2.24, 2.45) is 5.84 Å². The number of nitrogens with one attached hydrogen (secondary N) is 1. The van der Waals surface area contributed by atoms with E-state index in [1.165, 1.54) is 6.33 Å². The lowest BCUT2D eigenvalue weighted by molar-refractivity contribution is 0.895.